The fourth-order valence-electron chi connectivity index (χ4n) is 1.28. The van der Waals surface area contributed by atoms with Gasteiger partial charge < -0.3 is 0 Å². The molecule has 0 atom stereocenters. The minimum atomic E-state index is -4.26. The first-order valence-electron chi connectivity index (χ1n) is 4.92. The van der Waals surface area contributed by atoms with Gasteiger partial charge in [-0.05, 0) is 38.1 Å². The second-order valence-electron chi connectivity index (χ2n) is 3.78. The molecule has 16 heavy (non-hydrogen) atoms. The van der Waals surface area contributed by atoms with E-state index in [1.54, 1.807) is 0 Å². The van der Waals surface area contributed by atoms with Crippen molar-refractivity contribution in [2.24, 2.45) is 0 Å². The predicted octanol–water partition coefficient (Wildman–Crippen LogP) is 3.28. The monoisotopic (exact) mass is 250 g/mol. The number of nitrogens with zero attached hydrogens (tertiary/aromatic N) is 1. The van der Waals surface area contributed by atoms with Crippen LogP contribution >= 0.6 is 0 Å². The zero-order valence-electron chi connectivity index (χ0n) is 9.42. The summed E-state index contributed by atoms with van der Waals surface area (Å²) in [6, 6.07) is 5.22. The van der Waals surface area contributed by atoms with Gasteiger partial charge in [-0.3, -0.25) is 0 Å². The van der Waals surface area contributed by atoms with Crippen LogP contribution in [0.25, 0.3) is 0 Å². The van der Waals surface area contributed by atoms with E-state index in [4.69, 9.17) is 0 Å². The summed E-state index contributed by atoms with van der Waals surface area (Å²) in [6.45, 7) is 4.12. The SMILES string of the molecule is CC(C)[SH+]N(C)c1ccc(C(F)(F)F)cc1. The normalized spacial score (nSPS) is 11.9. The van der Waals surface area contributed by atoms with Crippen molar-refractivity contribution >= 4 is 17.6 Å². The van der Waals surface area contributed by atoms with E-state index in [1.807, 2.05) is 11.4 Å². The van der Waals surface area contributed by atoms with Crippen LogP contribution in [0.2, 0.25) is 0 Å². The molecule has 0 aliphatic rings. The molecule has 5 heteroatoms. The lowest BCUT2D eigenvalue weighted by molar-refractivity contribution is -0.137. The molecule has 0 bridgehead atoms. The Balaban J connectivity index is 2.79. The third kappa shape index (κ3) is 3.63. The van der Waals surface area contributed by atoms with E-state index in [1.165, 1.54) is 12.1 Å². The van der Waals surface area contributed by atoms with Crippen LogP contribution in [0, 0.1) is 0 Å². The van der Waals surface area contributed by atoms with E-state index in [0.29, 0.717) is 5.25 Å². The molecule has 0 aliphatic carbocycles. The highest BCUT2D eigenvalue weighted by molar-refractivity contribution is 7.80. The Hall–Kier alpha value is -0.840. The first-order valence-corrected chi connectivity index (χ1v) is 5.84. The van der Waals surface area contributed by atoms with Gasteiger partial charge in [0.2, 0.25) is 0 Å². The van der Waals surface area contributed by atoms with Gasteiger partial charge in [-0.25, -0.2) is 0 Å². The van der Waals surface area contributed by atoms with E-state index in [0.717, 1.165) is 29.8 Å². The number of halogens is 3. The van der Waals surface area contributed by atoms with Crippen molar-refractivity contribution in [2.45, 2.75) is 25.3 Å². The summed E-state index contributed by atoms with van der Waals surface area (Å²) in [6.07, 6.45) is -4.26. The number of alkyl halides is 3. The molecule has 90 valence electrons. The summed E-state index contributed by atoms with van der Waals surface area (Å²) in [5, 5.41) is 0.451. The molecular formula is C11H15F3NS+. The predicted molar refractivity (Wildman–Crippen MR) is 63.7 cm³/mol. The summed E-state index contributed by atoms with van der Waals surface area (Å²) < 4.78 is 38.9. The van der Waals surface area contributed by atoms with Gasteiger partial charge in [0.05, 0.1) is 30.2 Å². The van der Waals surface area contributed by atoms with Gasteiger partial charge in [-0.1, -0.05) is 0 Å². The maximum absolute atomic E-state index is 12.3. The lowest BCUT2D eigenvalue weighted by Crippen LogP contribution is -2.21. The standard InChI is InChI=1S/C11H14F3NS/c1-8(2)16-15(3)10-6-4-9(5-7-10)11(12,13)14/h4-8H,1-3H3/p+1. The number of anilines is 1. The van der Waals surface area contributed by atoms with Crippen molar-refractivity contribution in [2.75, 3.05) is 11.4 Å². The molecule has 0 fully saturated rings. The third-order valence-corrected chi connectivity index (χ3v) is 3.01. The molecule has 0 radical (unpaired) electrons. The average Bonchev–Trinajstić information content (AvgIpc) is 2.15. The van der Waals surface area contributed by atoms with Crippen LogP contribution in [-0.4, -0.2) is 12.3 Å². The summed E-state index contributed by atoms with van der Waals surface area (Å²) in [4.78, 5) is 0. The van der Waals surface area contributed by atoms with Gasteiger partial charge >= 0.3 is 6.18 Å². The first kappa shape index (κ1) is 13.2. The number of rotatable bonds is 3. The second kappa shape index (κ2) is 4.99. The molecule has 0 spiro atoms. The second-order valence-corrected chi connectivity index (χ2v) is 5.64. The Bertz CT molecular complexity index is 332. The molecule has 1 rings (SSSR count). The van der Waals surface area contributed by atoms with Crippen LogP contribution in [0.3, 0.4) is 0 Å². The highest BCUT2D eigenvalue weighted by Crippen LogP contribution is 2.30. The molecule has 0 saturated heterocycles. The molecule has 0 N–H and O–H groups in total. The van der Waals surface area contributed by atoms with Crippen LogP contribution in [0.1, 0.15) is 19.4 Å². The highest BCUT2D eigenvalue weighted by Gasteiger charge is 2.30. The van der Waals surface area contributed by atoms with Crippen molar-refractivity contribution in [3.8, 4) is 0 Å². The smallest absolute Gasteiger partial charge is 0.200 e. The van der Waals surface area contributed by atoms with E-state index < -0.39 is 11.7 Å². The molecular weight excluding hydrogens is 235 g/mol. The summed E-state index contributed by atoms with van der Waals surface area (Å²) >= 11 is 1.07. The molecule has 0 aromatic heterocycles. The molecule has 0 aliphatic heterocycles. The maximum Gasteiger partial charge on any atom is 0.416 e. The summed E-state index contributed by atoms with van der Waals surface area (Å²) in [5.74, 6) is 0. The van der Waals surface area contributed by atoms with Gasteiger partial charge in [0.25, 0.3) is 0 Å². The molecule has 0 heterocycles. The highest BCUT2D eigenvalue weighted by atomic mass is 32.2. The van der Waals surface area contributed by atoms with Crippen LogP contribution in [0.15, 0.2) is 24.3 Å². The molecule has 0 saturated carbocycles. The van der Waals surface area contributed by atoms with Gasteiger partial charge in [-0.15, -0.1) is 0 Å². The van der Waals surface area contributed by atoms with E-state index in [9.17, 15) is 13.2 Å². The van der Waals surface area contributed by atoms with Crippen molar-refractivity contribution in [1.29, 1.82) is 0 Å². The van der Waals surface area contributed by atoms with Crippen molar-refractivity contribution in [3.05, 3.63) is 29.8 Å². The fraction of sp³-hybridized carbons (Fsp3) is 0.455. The number of thiol groups is 1. The van der Waals surface area contributed by atoms with Gasteiger partial charge in [0.1, 0.15) is 5.25 Å². The third-order valence-electron chi connectivity index (χ3n) is 1.97. The Morgan fingerprint density at radius 1 is 1.12 bits per heavy atom. The number of hydrogen-bond donors (Lipinski definition) is 0. The van der Waals surface area contributed by atoms with Crippen molar-refractivity contribution in [3.63, 3.8) is 0 Å². The van der Waals surface area contributed by atoms with Crippen molar-refractivity contribution < 1.29 is 13.2 Å². The van der Waals surface area contributed by atoms with E-state index in [-0.39, 0.29) is 0 Å². The lowest BCUT2D eigenvalue weighted by Gasteiger charge is -2.13. The fourth-order valence-corrected chi connectivity index (χ4v) is 2.24. The minimum Gasteiger partial charge on any atom is -0.200 e. The number of benzene rings is 1. The Morgan fingerprint density at radius 3 is 2.00 bits per heavy atom. The van der Waals surface area contributed by atoms with E-state index in [2.05, 4.69) is 13.8 Å². The van der Waals surface area contributed by atoms with Crippen LogP contribution < -0.4 is 4.31 Å². The van der Waals surface area contributed by atoms with E-state index >= 15 is 0 Å². The van der Waals surface area contributed by atoms with Gasteiger partial charge in [0, 0.05) is 0 Å². The minimum absolute atomic E-state index is 0.451. The van der Waals surface area contributed by atoms with Gasteiger partial charge in [-0.2, -0.15) is 17.5 Å². The average molecular weight is 250 g/mol. The molecule has 0 unspecified atom stereocenters. The zero-order chi connectivity index (χ0) is 12.3. The van der Waals surface area contributed by atoms with Crippen LogP contribution in [-0.2, 0) is 18.1 Å². The lowest BCUT2D eigenvalue weighted by atomic mass is 10.2. The molecule has 1 aromatic rings. The molecule has 1 nitrogen and oxygen atoms in total. The summed E-state index contributed by atoms with van der Waals surface area (Å²) in [5.41, 5.74) is 0.189. The number of hydrogen-bond acceptors (Lipinski definition) is 1. The quantitative estimate of drug-likeness (QED) is 0.588. The maximum atomic E-state index is 12.3. The Kier molecular flexibility index (Phi) is 4.13. The summed E-state index contributed by atoms with van der Waals surface area (Å²) in [7, 11) is 1.87. The molecule has 1 aromatic carbocycles. The molecule has 0 amide bonds. The Morgan fingerprint density at radius 2 is 1.62 bits per heavy atom. The largest absolute Gasteiger partial charge is 0.416 e. The van der Waals surface area contributed by atoms with Crippen LogP contribution in [0.5, 0.6) is 0 Å². The Labute approximate surface area is 97.8 Å². The van der Waals surface area contributed by atoms with Crippen LogP contribution in [0.4, 0.5) is 18.9 Å². The van der Waals surface area contributed by atoms with Gasteiger partial charge in [0.15, 0.2) is 0 Å². The zero-order valence-corrected chi connectivity index (χ0v) is 10.3. The topological polar surface area (TPSA) is 3.24 Å². The van der Waals surface area contributed by atoms with Crippen molar-refractivity contribution in [1.82, 2.24) is 0 Å². The first-order chi connectivity index (χ1) is 7.30.